The van der Waals surface area contributed by atoms with Crippen molar-refractivity contribution >= 4 is 11.7 Å². The minimum Gasteiger partial charge on any atom is -0.460 e. The Morgan fingerprint density at radius 2 is 2.17 bits per heavy atom. The Morgan fingerprint density at radius 1 is 1.44 bits per heavy atom. The van der Waals surface area contributed by atoms with E-state index in [1.165, 1.54) is 0 Å². The molecule has 94 valence electrons. The Bertz CT molecular complexity index is 575. The molecule has 0 aliphatic rings. The van der Waals surface area contributed by atoms with Gasteiger partial charge in [0.1, 0.15) is 5.69 Å². The number of esters is 1. The lowest BCUT2D eigenvalue weighted by Gasteiger charge is -2.03. The van der Waals surface area contributed by atoms with Gasteiger partial charge in [0.25, 0.3) is 0 Å². The maximum Gasteiger partial charge on any atom is 0.376 e. The molecule has 0 saturated carbocycles. The number of nitrogen functional groups attached to an aromatic ring is 1. The summed E-state index contributed by atoms with van der Waals surface area (Å²) in [5.74, 6) is -0.0418. The van der Waals surface area contributed by atoms with Crippen molar-refractivity contribution in [3.63, 3.8) is 0 Å². The van der Waals surface area contributed by atoms with Gasteiger partial charge in [-0.25, -0.2) is 9.78 Å². The summed E-state index contributed by atoms with van der Waals surface area (Å²) in [6, 6.07) is 7.17. The van der Waals surface area contributed by atoms with Crippen molar-refractivity contribution in [2.75, 3.05) is 12.3 Å². The Labute approximate surface area is 105 Å². The van der Waals surface area contributed by atoms with Crippen LogP contribution in [0, 0.1) is 6.92 Å². The zero-order valence-corrected chi connectivity index (χ0v) is 10.3. The Morgan fingerprint density at radius 3 is 2.83 bits per heavy atom. The number of benzene rings is 1. The molecule has 1 aromatic carbocycles. The topological polar surface area (TPSA) is 78.3 Å². The van der Waals surface area contributed by atoms with E-state index in [2.05, 4.69) is 4.98 Å². The standard InChI is InChI=1S/C13H14N2O3/c1-3-17-13(16)12-11(15-8(2)18-12)9-6-4-5-7-10(9)14/h4-7H,3,14H2,1-2H3. The van der Waals surface area contributed by atoms with E-state index in [9.17, 15) is 4.79 Å². The number of oxazole rings is 1. The van der Waals surface area contributed by atoms with Gasteiger partial charge in [-0.05, 0) is 13.0 Å². The molecule has 0 unspecified atom stereocenters. The van der Waals surface area contributed by atoms with E-state index in [1.54, 1.807) is 26.0 Å². The number of ether oxygens (including phenoxy) is 1. The second kappa shape index (κ2) is 4.91. The summed E-state index contributed by atoms with van der Waals surface area (Å²) in [7, 11) is 0. The molecule has 1 heterocycles. The van der Waals surface area contributed by atoms with Crippen LogP contribution in [0.15, 0.2) is 28.7 Å². The summed E-state index contributed by atoms with van der Waals surface area (Å²) < 4.78 is 10.2. The Hall–Kier alpha value is -2.30. The molecule has 5 heteroatoms. The SMILES string of the molecule is CCOC(=O)c1oc(C)nc1-c1ccccc1N. The van der Waals surface area contributed by atoms with Gasteiger partial charge >= 0.3 is 5.97 Å². The number of para-hydroxylation sites is 1. The predicted octanol–water partition coefficient (Wildman–Crippen LogP) is 2.41. The van der Waals surface area contributed by atoms with Crippen LogP contribution >= 0.6 is 0 Å². The van der Waals surface area contributed by atoms with Gasteiger partial charge in [-0.2, -0.15) is 0 Å². The third-order valence-electron chi connectivity index (χ3n) is 2.41. The lowest BCUT2D eigenvalue weighted by Crippen LogP contribution is -2.05. The van der Waals surface area contributed by atoms with E-state index in [1.807, 2.05) is 12.1 Å². The number of nitrogens with zero attached hydrogens (tertiary/aromatic N) is 1. The highest BCUT2D eigenvalue weighted by Crippen LogP contribution is 2.29. The normalized spacial score (nSPS) is 10.3. The van der Waals surface area contributed by atoms with Crippen LogP contribution in [0.5, 0.6) is 0 Å². The van der Waals surface area contributed by atoms with Crippen LogP contribution in [-0.4, -0.2) is 17.6 Å². The van der Waals surface area contributed by atoms with Crippen molar-refractivity contribution in [2.24, 2.45) is 0 Å². The molecule has 2 aromatic rings. The van der Waals surface area contributed by atoms with Crippen molar-refractivity contribution in [2.45, 2.75) is 13.8 Å². The number of anilines is 1. The number of hydrogen-bond acceptors (Lipinski definition) is 5. The quantitative estimate of drug-likeness (QED) is 0.664. The molecule has 0 radical (unpaired) electrons. The van der Waals surface area contributed by atoms with Gasteiger partial charge in [0.15, 0.2) is 5.89 Å². The van der Waals surface area contributed by atoms with Crippen molar-refractivity contribution in [3.8, 4) is 11.3 Å². The average molecular weight is 246 g/mol. The predicted molar refractivity (Wildman–Crippen MR) is 67.0 cm³/mol. The van der Waals surface area contributed by atoms with Crippen molar-refractivity contribution < 1.29 is 13.9 Å². The number of carbonyl (C=O) groups excluding carboxylic acids is 1. The molecule has 0 fully saturated rings. The Kier molecular flexibility index (Phi) is 3.32. The van der Waals surface area contributed by atoms with Gasteiger partial charge < -0.3 is 14.9 Å². The first-order valence-electron chi connectivity index (χ1n) is 5.63. The maximum atomic E-state index is 11.8. The van der Waals surface area contributed by atoms with Gasteiger partial charge in [0, 0.05) is 18.2 Å². The molecule has 0 aliphatic carbocycles. The van der Waals surface area contributed by atoms with Gasteiger partial charge in [-0.15, -0.1) is 0 Å². The fourth-order valence-corrected chi connectivity index (χ4v) is 1.66. The lowest BCUT2D eigenvalue weighted by molar-refractivity contribution is 0.0490. The van der Waals surface area contributed by atoms with Crippen LogP contribution in [0.25, 0.3) is 11.3 Å². The molecule has 5 nitrogen and oxygen atoms in total. The minimum absolute atomic E-state index is 0.0900. The van der Waals surface area contributed by atoms with Crippen molar-refractivity contribution in [3.05, 3.63) is 35.9 Å². The zero-order valence-electron chi connectivity index (χ0n) is 10.3. The summed E-state index contributed by atoms with van der Waals surface area (Å²) in [5, 5.41) is 0. The second-order valence-electron chi connectivity index (χ2n) is 3.72. The maximum absolute atomic E-state index is 11.8. The molecular formula is C13H14N2O3. The van der Waals surface area contributed by atoms with Crippen LogP contribution in [0.2, 0.25) is 0 Å². The lowest BCUT2D eigenvalue weighted by atomic mass is 10.1. The van der Waals surface area contributed by atoms with Gasteiger partial charge in [-0.1, -0.05) is 18.2 Å². The summed E-state index contributed by atoms with van der Waals surface area (Å²) in [6.45, 7) is 3.69. The third-order valence-corrected chi connectivity index (χ3v) is 2.41. The molecule has 0 amide bonds. The van der Waals surface area contributed by atoms with Crippen LogP contribution in [0.4, 0.5) is 5.69 Å². The fourth-order valence-electron chi connectivity index (χ4n) is 1.66. The monoisotopic (exact) mass is 246 g/mol. The molecular weight excluding hydrogens is 232 g/mol. The molecule has 0 spiro atoms. The molecule has 1 aromatic heterocycles. The minimum atomic E-state index is -0.531. The van der Waals surface area contributed by atoms with Crippen molar-refractivity contribution in [1.82, 2.24) is 4.98 Å². The molecule has 2 N–H and O–H groups in total. The second-order valence-corrected chi connectivity index (χ2v) is 3.72. The molecule has 0 saturated heterocycles. The van der Waals surface area contributed by atoms with E-state index in [0.717, 1.165) is 0 Å². The summed E-state index contributed by atoms with van der Waals surface area (Å²) >= 11 is 0. The average Bonchev–Trinajstić information content (AvgIpc) is 2.72. The molecule has 0 bridgehead atoms. The first-order valence-corrected chi connectivity index (χ1v) is 5.63. The highest BCUT2D eigenvalue weighted by Gasteiger charge is 2.22. The number of aryl methyl sites for hydroxylation is 1. The number of nitrogens with two attached hydrogens (primary N) is 1. The molecule has 18 heavy (non-hydrogen) atoms. The fraction of sp³-hybridized carbons (Fsp3) is 0.231. The van der Waals surface area contributed by atoms with E-state index in [-0.39, 0.29) is 12.4 Å². The first kappa shape index (κ1) is 12.2. The highest BCUT2D eigenvalue weighted by molar-refractivity contribution is 5.95. The van der Waals surface area contributed by atoms with E-state index in [4.69, 9.17) is 14.9 Å². The van der Waals surface area contributed by atoms with Crippen LogP contribution in [0.1, 0.15) is 23.4 Å². The van der Waals surface area contributed by atoms with E-state index in [0.29, 0.717) is 22.8 Å². The smallest absolute Gasteiger partial charge is 0.376 e. The number of aromatic nitrogens is 1. The van der Waals surface area contributed by atoms with Gasteiger partial charge in [0.05, 0.1) is 6.61 Å². The van der Waals surface area contributed by atoms with Gasteiger partial charge in [0.2, 0.25) is 5.76 Å². The highest BCUT2D eigenvalue weighted by atomic mass is 16.5. The molecule has 2 rings (SSSR count). The van der Waals surface area contributed by atoms with Crippen LogP contribution < -0.4 is 5.73 Å². The van der Waals surface area contributed by atoms with Crippen molar-refractivity contribution in [1.29, 1.82) is 0 Å². The number of rotatable bonds is 3. The molecule has 0 atom stereocenters. The van der Waals surface area contributed by atoms with Crippen LogP contribution in [0.3, 0.4) is 0 Å². The third kappa shape index (κ3) is 2.20. The summed E-state index contributed by atoms with van der Waals surface area (Å²) in [5.41, 5.74) is 7.49. The van der Waals surface area contributed by atoms with E-state index < -0.39 is 5.97 Å². The summed E-state index contributed by atoms with van der Waals surface area (Å²) in [6.07, 6.45) is 0. The summed E-state index contributed by atoms with van der Waals surface area (Å²) in [4.78, 5) is 16.0. The van der Waals surface area contributed by atoms with Gasteiger partial charge in [-0.3, -0.25) is 0 Å². The zero-order chi connectivity index (χ0) is 13.1. The Balaban J connectivity index is 2.51. The van der Waals surface area contributed by atoms with E-state index >= 15 is 0 Å². The number of hydrogen-bond donors (Lipinski definition) is 1. The number of carbonyl (C=O) groups is 1. The first-order chi connectivity index (χ1) is 8.63. The van der Waals surface area contributed by atoms with Crippen LogP contribution in [-0.2, 0) is 4.74 Å². The molecule has 0 aliphatic heterocycles. The largest absolute Gasteiger partial charge is 0.460 e.